The van der Waals surface area contributed by atoms with Gasteiger partial charge in [0.1, 0.15) is 24.3 Å². The topological polar surface area (TPSA) is 64.7 Å². The SMILES string of the molecule is c1ccc(N2CCn3c(Cn4cncn4)cnc3C2)nc1. The van der Waals surface area contributed by atoms with Crippen molar-refractivity contribution in [3.8, 4) is 0 Å². The van der Waals surface area contributed by atoms with E-state index in [2.05, 4.69) is 29.5 Å². The Balaban J connectivity index is 1.56. The van der Waals surface area contributed by atoms with Crippen LogP contribution in [0.2, 0.25) is 0 Å². The molecule has 21 heavy (non-hydrogen) atoms. The van der Waals surface area contributed by atoms with Crippen LogP contribution in [-0.4, -0.2) is 35.8 Å². The van der Waals surface area contributed by atoms with Gasteiger partial charge >= 0.3 is 0 Å². The quantitative estimate of drug-likeness (QED) is 0.715. The minimum absolute atomic E-state index is 0.705. The monoisotopic (exact) mass is 281 g/mol. The second kappa shape index (κ2) is 5.01. The number of fused-ring (bicyclic) bond motifs is 1. The molecule has 0 saturated heterocycles. The molecule has 0 aliphatic carbocycles. The highest BCUT2D eigenvalue weighted by atomic mass is 15.3. The van der Waals surface area contributed by atoms with Gasteiger partial charge in [-0.15, -0.1) is 0 Å². The van der Waals surface area contributed by atoms with E-state index >= 15 is 0 Å². The Morgan fingerprint density at radius 1 is 1.14 bits per heavy atom. The van der Waals surface area contributed by atoms with E-state index in [9.17, 15) is 0 Å². The van der Waals surface area contributed by atoms with E-state index < -0.39 is 0 Å². The van der Waals surface area contributed by atoms with Crippen molar-refractivity contribution in [2.45, 2.75) is 19.6 Å². The Hall–Kier alpha value is -2.70. The predicted molar refractivity (Wildman–Crippen MR) is 76.6 cm³/mol. The molecule has 0 fully saturated rings. The molecule has 1 aliphatic heterocycles. The minimum atomic E-state index is 0.705. The molecular weight excluding hydrogens is 266 g/mol. The van der Waals surface area contributed by atoms with Crippen LogP contribution in [-0.2, 0) is 19.6 Å². The fourth-order valence-electron chi connectivity index (χ4n) is 2.67. The summed E-state index contributed by atoms with van der Waals surface area (Å²) in [4.78, 5) is 15.2. The van der Waals surface area contributed by atoms with Crippen molar-refractivity contribution >= 4 is 5.82 Å². The molecule has 0 unspecified atom stereocenters. The molecule has 0 radical (unpaired) electrons. The number of anilines is 1. The van der Waals surface area contributed by atoms with Crippen molar-refractivity contribution in [1.82, 2.24) is 29.3 Å². The van der Waals surface area contributed by atoms with Crippen molar-refractivity contribution in [3.05, 3.63) is 54.8 Å². The van der Waals surface area contributed by atoms with Crippen LogP contribution in [0.15, 0.2) is 43.2 Å². The van der Waals surface area contributed by atoms with E-state index in [1.807, 2.05) is 35.3 Å². The first-order valence-electron chi connectivity index (χ1n) is 6.92. The smallest absolute Gasteiger partial charge is 0.137 e. The third-order valence-electron chi connectivity index (χ3n) is 3.71. The lowest BCUT2D eigenvalue weighted by molar-refractivity contribution is 0.525. The highest BCUT2D eigenvalue weighted by molar-refractivity contribution is 5.38. The summed E-state index contributed by atoms with van der Waals surface area (Å²) in [6.07, 6.45) is 7.03. The lowest BCUT2D eigenvalue weighted by Crippen LogP contribution is -2.35. The summed E-state index contributed by atoms with van der Waals surface area (Å²) in [5.41, 5.74) is 1.16. The largest absolute Gasteiger partial charge is 0.347 e. The van der Waals surface area contributed by atoms with Crippen LogP contribution >= 0.6 is 0 Å². The lowest BCUT2D eigenvalue weighted by atomic mass is 10.3. The molecule has 0 spiro atoms. The van der Waals surface area contributed by atoms with Crippen LogP contribution in [0.5, 0.6) is 0 Å². The van der Waals surface area contributed by atoms with Crippen molar-refractivity contribution in [3.63, 3.8) is 0 Å². The second-order valence-corrected chi connectivity index (χ2v) is 5.02. The van der Waals surface area contributed by atoms with Gasteiger partial charge in [0.15, 0.2) is 0 Å². The summed E-state index contributed by atoms with van der Waals surface area (Å²) in [6, 6.07) is 5.99. The number of hydrogen-bond donors (Lipinski definition) is 0. The molecule has 0 saturated carbocycles. The van der Waals surface area contributed by atoms with Gasteiger partial charge in [-0.05, 0) is 12.1 Å². The molecule has 0 atom stereocenters. The van der Waals surface area contributed by atoms with Crippen molar-refractivity contribution in [1.29, 1.82) is 0 Å². The van der Waals surface area contributed by atoms with Crippen LogP contribution in [0, 0.1) is 0 Å². The van der Waals surface area contributed by atoms with Crippen molar-refractivity contribution < 1.29 is 0 Å². The Bertz CT molecular complexity index is 717. The lowest BCUT2D eigenvalue weighted by Gasteiger charge is -2.29. The summed E-state index contributed by atoms with van der Waals surface area (Å²) in [5.74, 6) is 2.08. The van der Waals surface area contributed by atoms with Gasteiger partial charge < -0.3 is 9.47 Å². The second-order valence-electron chi connectivity index (χ2n) is 5.02. The molecule has 0 N–H and O–H groups in total. The molecule has 3 aromatic heterocycles. The molecule has 4 heterocycles. The molecule has 0 amide bonds. The summed E-state index contributed by atoms with van der Waals surface area (Å²) >= 11 is 0. The predicted octanol–water partition coefficient (Wildman–Crippen LogP) is 0.938. The summed E-state index contributed by atoms with van der Waals surface area (Å²) in [5, 5.41) is 4.15. The third-order valence-corrected chi connectivity index (χ3v) is 3.71. The molecule has 4 rings (SSSR count). The molecular formula is C14H15N7. The maximum absolute atomic E-state index is 4.54. The highest BCUT2D eigenvalue weighted by Gasteiger charge is 2.20. The van der Waals surface area contributed by atoms with Gasteiger partial charge in [-0.2, -0.15) is 5.10 Å². The van der Waals surface area contributed by atoms with Gasteiger partial charge in [0.05, 0.1) is 25.0 Å². The molecule has 3 aromatic rings. The Labute approximate surface area is 121 Å². The van der Waals surface area contributed by atoms with Crippen LogP contribution in [0.1, 0.15) is 11.5 Å². The minimum Gasteiger partial charge on any atom is -0.347 e. The molecule has 106 valence electrons. The van der Waals surface area contributed by atoms with Gasteiger partial charge in [-0.25, -0.2) is 19.6 Å². The van der Waals surface area contributed by atoms with Crippen molar-refractivity contribution in [2.24, 2.45) is 0 Å². The maximum Gasteiger partial charge on any atom is 0.137 e. The highest BCUT2D eigenvalue weighted by Crippen LogP contribution is 2.19. The summed E-state index contributed by atoms with van der Waals surface area (Å²) in [6.45, 7) is 3.34. The molecule has 1 aliphatic rings. The number of aromatic nitrogens is 6. The molecule has 7 nitrogen and oxygen atoms in total. The Kier molecular flexibility index (Phi) is 2.88. The van der Waals surface area contributed by atoms with E-state index in [-0.39, 0.29) is 0 Å². The van der Waals surface area contributed by atoms with Crippen LogP contribution in [0.25, 0.3) is 0 Å². The Morgan fingerprint density at radius 2 is 2.14 bits per heavy atom. The third kappa shape index (κ3) is 2.26. The number of pyridine rings is 1. The molecule has 7 heteroatoms. The van der Waals surface area contributed by atoms with E-state index in [1.165, 1.54) is 0 Å². The van der Waals surface area contributed by atoms with Gasteiger partial charge in [0, 0.05) is 19.3 Å². The van der Waals surface area contributed by atoms with Crippen molar-refractivity contribution in [2.75, 3.05) is 11.4 Å². The van der Waals surface area contributed by atoms with E-state index in [0.717, 1.165) is 37.0 Å². The fourth-order valence-corrected chi connectivity index (χ4v) is 2.67. The first kappa shape index (κ1) is 12.1. The Morgan fingerprint density at radius 3 is 2.95 bits per heavy atom. The van der Waals surface area contributed by atoms with Gasteiger partial charge in [0.2, 0.25) is 0 Å². The van der Waals surface area contributed by atoms with Gasteiger partial charge in [-0.1, -0.05) is 6.07 Å². The van der Waals surface area contributed by atoms with Crippen LogP contribution < -0.4 is 4.90 Å². The van der Waals surface area contributed by atoms with E-state index in [1.54, 1.807) is 12.7 Å². The normalized spacial score (nSPS) is 14.2. The fraction of sp³-hybridized carbons (Fsp3) is 0.286. The molecule has 0 bridgehead atoms. The number of nitrogens with zero attached hydrogens (tertiary/aromatic N) is 7. The maximum atomic E-state index is 4.54. The average Bonchev–Trinajstić information content (AvgIpc) is 3.18. The first-order valence-corrected chi connectivity index (χ1v) is 6.92. The molecule has 0 aromatic carbocycles. The van der Waals surface area contributed by atoms with Crippen LogP contribution in [0.3, 0.4) is 0 Å². The summed E-state index contributed by atoms with van der Waals surface area (Å²) in [7, 11) is 0. The van der Waals surface area contributed by atoms with Gasteiger partial charge in [0.25, 0.3) is 0 Å². The summed E-state index contributed by atoms with van der Waals surface area (Å²) < 4.78 is 4.08. The first-order chi connectivity index (χ1) is 10.4. The zero-order valence-electron chi connectivity index (χ0n) is 11.5. The standard InChI is InChI=1S/C14H15N7/c1-2-4-16-13(3-1)19-5-6-21-12(7-17-14(21)9-19)8-20-11-15-10-18-20/h1-4,7,10-11H,5-6,8-9H2. The van der Waals surface area contributed by atoms with E-state index in [4.69, 9.17) is 0 Å². The van der Waals surface area contributed by atoms with E-state index in [0.29, 0.717) is 6.54 Å². The van der Waals surface area contributed by atoms with Gasteiger partial charge in [-0.3, -0.25) is 0 Å². The van der Waals surface area contributed by atoms with Crippen LogP contribution in [0.4, 0.5) is 5.82 Å². The number of hydrogen-bond acceptors (Lipinski definition) is 5. The number of imidazole rings is 1. The zero-order chi connectivity index (χ0) is 14.1. The average molecular weight is 281 g/mol. The number of rotatable bonds is 3. The zero-order valence-corrected chi connectivity index (χ0v) is 11.5.